The summed E-state index contributed by atoms with van der Waals surface area (Å²) in [5, 5.41) is 8.73. The van der Waals surface area contributed by atoms with Crippen LogP contribution in [0, 0.1) is 5.41 Å². The third-order valence-corrected chi connectivity index (χ3v) is 4.06. The molecule has 3 N–H and O–H groups in total. The minimum Gasteiger partial charge on any atom is -0.364 e. The van der Waals surface area contributed by atoms with Crippen LogP contribution in [-0.2, 0) is 19.1 Å². The summed E-state index contributed by atoms with van der Waals surface area (Å²) in [6, 6.07) is 0. The van der Waals surface area contributed by atoms with Crippen LogP contribution >= 0.6 is 0 Å². The first-order valence-corrected chi connectivity index (χ1v) is 8.51. The van der Waals surface area contributed by atoms with Gasteiger partial charge < -0.3 is 20.1 Å². The zero-order valence-corrected chi connectivity index (χ0v) is 16.1. The molecule has 0 aromatic rings. The van der Waals surface area contributed by atoms with Gasteiger partial charge in [-0.3, -0.25) is 14.9 Å². The molecule has 0 aromatic carbocycles. The molecule has 0 aromatic heterocycles. The standard InChI is InChI=1S/C17H35N3O4/c1-7-16(2,3)14(21)10-23-11-15(22)20-12-19-13-24-17(4,5)8-9-18-6/h18-19H,7-13H2,1-6H3,(H,20,22). The molecule has 0 saturated carbocycles. The Kier molecular flexibility index (Phi) is 11.0. The van der Waals surface area contributed by atoms with Crippen LogP contribution in [0.5, 0.6) is 0 Å². The molecule has 24 heavy (non-hydrogen) atoms. The molecule has 0 bridgehead atoms. The van der Waals surface area contributed by atoms with E-state index in [1.807, 2.05) is 41.7 Å². The number of ketones is 1. The molecule has 0 saturated heterocycles. The van der Waals surface area contributed by atoms with Crippen molar-refractivity contribution >= 4 is 11.7 Å². The van der Waals surface area contributed by atoms with Crippen LogP contribution in [0.2, 0.25) is 0 Å². The van der Waals surface area contributed by atoms with Crippen molar-refractivity contribution in [1.29, 1.82) is 0 Å². The van der Waals surface area contributed by atoms with Crippen molar-refractivity contribution in [2.75, 3.05) is 40.2 Å². The molecule has 7 nitrogen and oxygen atoms in total. The second kappa shape index (κ2) is 11.5. The zero-order chi connectivity index (χ0) is 18.6. The highest BCUT2D eigenvalue weighted by molar-refractivity contribution is 5.85. The lowest BCUT2D eigenvalue weighted by Crippen LogP contribution is -2.40. The average molecular weight is 345 g/mol. The second-order valence-electron chi connectivity index (χ2n) is 7.08. The van der Waals surface area contributed by atoms with Crippen LogP contribution in [0.1, 0.15) is 47.5 Å². The van der Waals surface area contributed by atoms with E-state index in [0.717, 1.165) is 19.4 Å². The third kappa shape index (κ3) is 10.7. The van der Waals surface area contributed by atoms with E-state index in [2.05, 4.69) is 16.0 Å². The van der Waals surface area contributed by atoms with Gasteiger partial charge in [0.2, 0.25) is 5.91 Å². The SMILES string of the molecule is CCC(C)(C)C(=O)COCC(=O)NCNCOC(C)(C)CCNC. The summed E-state index contributed by atoms with van der Waals surface area (Å²) in [6.07, 6.45) is 1.64. The fourth-order valence-electron chi connectivity index (χ4n) is 1.64. The second-order valence-corrected chi connectivity index (χ2v) is 7.08. The van der Waals surface area contributed by atoms with Crippen LogP contribution in [0.4, 0.5) is 0 Å². The van der Waals surface area contributed by atoms with E-state index in [9.17, 15) is 9.59 Å². The Morgan fingerprint density at radius 3 is 2.33 bits per heavy atom. The van der Waals surface area contributed by atoms with Gasteiger partial charge >= 0.3 is 0 Å². The number of carbonyl (C=O) groups is 2. The molecule has 0 aliphatic rings. The maximum atomic E-state index is 11.9. The molecule has 0 aliphatic heterocycles. The van der Waals surface area contributed by atoms with Crippen LogP contribution in [-0.4, -0.2) is 57.5 Å². The Balaban J connectivity index is 3.72. The van der Waals surface area contributed by atoms with E-state index in [4.69, 9.17) is 9.47 Å². The zero-order valence-electron chi connectivity index (χ0n) is 16.1. The number of ether oxygens (including phenoxy) is 2. The predicted octanol–water partition coefficient (Wildman–Crippen LogP) is 1.03. The van der Waals surface area contributed by atoms with Crippen molar-refractivity contribution in [2.45, 2.75) is 53.1 Å². The minimum absolute atomic E-state index is 0.00752. The first-order chi connectivity index (χ1) is 11.1. The lowest BCUT2D eigenvalue weighted by atomic mass is 9.86. The molecule has 1 amide bonds. The Hall–Kier alpha value is -1.02. The summed E-state index contributed by atoms with van der Waals surface area (Å²) in [5.74, 6) is -0.257. The van der Waals surface area contributed by atoms with Crippen LogP contribution in [0.3, 0.4) is 0 Å². The molecule has 0 aliphatic carbocycles. The van der Waals surface area contributed by atoms with Gasteiger partial charge in [-0.05, 0) is 40.3 Å². The summed E-state index contributed by atoms with van der Waals surface area (Å²) in [5.41, 5.74) is -0.634. The largest absolute Gasteiger partial charge is 0.364 e. The third-order valence-electron chi connectivity index (χ3n) is 4.06. The van der Waals surface area contributed by atoms with Crippen molar-refractivity contribution in [3.05, 3.63) is 0 Å². The highest BCUT2D eigenvalue weighted by Gasteiger charge is 2.25. The molecular formula is C17H35N3O4. The predicted molar refractivity (Wildman–Crippen MR) is 94.6 cm³/mol. The van der Waals surface area contributed by atoms with Gasteiger partial charge in [-0.25, -0.2) is 0 Å². The van der Waals surface area contributed by atoms with Crippen LogP contribution in [0.15, 0.2) is 0 Å². The molecular weight excluding hydrogens is 310 g/mol. The molecule has 0 heterocycles. The average Bonchev–Trinajstić information content (AvgIpc) is 2.52. The van der Waals surface area contributed by atoms with Crippen molar-refractivity contribution < 1.29 is 19.1 Å². The van der Waals surface area contributed by atoms with Gasteiger partial charge in [0, 0.05) is 5.41 Å². The molecule has 0 radical (unpaired) electrons. The van der Waals surface area contributed by atoms with E-state index in [1.165, 1.54) is 0 Å². The molecule has 0 unspecified atom stereocenters. The molecule has 0 rings (SSSR count). The number of hydrogen-bond acceptors (Lipinski definition) is 6. The quantitative estimate of drug-likeness (QED) is 0.322. The Morgan fingerprint density at radius 1 is 1.08 bits per heavy atom. The number of hydrogen-bond donors (Lipinski definition) is 3. The number of Topliss-reactive ketones (excluding diaryl/α,β-unsaturated/α-hetero) is 1. The fourth-order valence-corrected chi connectivity index (χ4v) is 1.64. The number of carbonyl (C=O) groups excluding carboxylic acids is 2. The maximum Gasteiger partial charge on any atom is 0.247 e. The first kappa shape index (κ1) is 23.0. The van der Waals surface area contributed by atoms with Crippen molar-refractivity contribution in [3.8, 4) is 0 Å². The van der Waals surface area contributed by atoms with Gasteiger partial charge in [-0.2, -0.15) is 0 Å². The molecule has 0 atom stereocenters. The van der Waals surface area contributed by atoms with E-state index in [1.54, 1.807) is 0 Å². The van der Waals surface area contributed by atoms with Crippen molar-refractivity contribution in [2.24, 2.45) is 5.41 Å². The van der Waals surface area contributed by atoms with Gasteiger partial charge in [0.25, 0.3) is 0 Å². The number of amides is 1. The van der Waals surface area contributed by atoms with Crippen molar-refractivity contribution in [3.63, 3.8) is 0 Å². The lowest BCUT2D eigenvalue weighted by Gasteiger charge is -2.25. The first-order valence-electron chi connectivity index (χ1n) is 8.51. The Morgan fingerprint density at radius 2 is 1.75 bits per heavy atom. The summed E-state index contributed by atoms with van der Waals surface area (Å²) in [4.78, 5) is 23.5. The maximum absolute atomic E-state index is 11.9. The summed E-state index contributed by atoms with van der Waals surface area (Å²) < 4.78 is 10.9. The van der Waals surface area contributed by atoms with Gasteiger partial charge in [-0.1, -0.05) is 20.8 Å². The normalized spacial score (nSPS) is 12.2. The van der Waals surface area contributed by atoms with E-state index >= 15 is 0 Å². The molecule has 0 spiro atoms. The monoisotopic (exact) mass is 345 g/mol. The minimum atomic E-state index is -0.407. The van der Waals surface area contributed by atoms with Gasteiger partial charge in [-0.15, -0.1) is 0 Å². The smallest absolute Gasteiger partial charge is 0.247 e. The Bertz CT molecular complexity index is 384. The topological polar surface area (TPSA) is 88.7 Å². The highest BCUT2D eigenvalue weighted by atomic mass is 16.5. The number of nitrogens with one attached hydrogen (secondary N) is 3. The summed E-state index contributed by atoms with van der Waals surface area (Å²) in [6.45, 7) is 11.1. The van der Waals surface area contributed by atoms with Crippen LogP contribution in [0.25, 0.3) is 0 Å². The fraction of sp³-hybridized carbons (Fsp3) is 0.882. The van der Waals surface area contributed by atoms with Gasteiger partial charge in [0.05, 0.1) is 19.0 Å². The van der Waals surface area contributed by atoms with E-state index < -0.39 is 5.41 Å². The summed E-state index contributed by atoms with van der Waals surface area (Å²) in [7, 11) is 1.91. The van der Waals surface area contributed by atoms with Crippen LogP contribution < -0.4 is 16.0 Å². The molecule has 142 valence electrons. The van der Waals surface area contributed by atoms with Crippen molar-refractivity contribution in [1.82, 2.24) is 16.0 Å². The molecule has 0 fully saturated rings. The highest BCUT2D eigenvalue weighted by Crippen LogP contribution is 2.20. The van der Waals surface area contributed by atoms with E-state index in [-0.39, 0.29) is 30.5 Å². The summed E-state index contributed by atoms with van der Waals surface area (Å²) >= 11 is 0. The number of rotatable bonds is 14. The molecule has 7 heteroatoms. The Labute approximate surface area is 146 Å². The van der Waals surface area contributed by atoms with Gasteiger partial charge in [0.1, 0.15) is 13.2 Å². The lowest BCUT2D eigenvalue weighted by molar-refractivity contribution is -0.135. The van der Waals surface area contributed by atoms with Gasteiger partial charge in [0.15, 0.2) is 5.78 Å². The van der Waals surface area contributed by atoms with E-state index in [0.29, 0.717) is 13.4 Å².